The molecule has 0 bridgehead atoms. The number of aryl methyl sites for hydroxylation is 2. The number of aromatic amines is 1. The van der Waals surface area contributed by atoms with Crippen molar-refractivity contribution in [1.29, 1.82) is 0 Å². The van der Waals surface area contributed by atoms with Crippen LogP contribution >= 0.6 is 0 Å². The molecule has 272 valence electrons. The molecule has 1 aliphatic carbocycles. The lowest BCUT2D eigenvalue weighted by atomic mass is 9.94. The van der Waals surface area contributed by atoms with Crippen molar-refractivity contribution < 1.29 is 23.5 Å². The zero-order chi connectivity index (χ0) is 36.4. The van der Waals surface area contributed by atoms with Crippen LogP contribution in [0.3, 0.4) is 0 Å². The van der Waals surface area contributed by atoms with Gasteiger partial charge in [0.05, 0.1) is 24.0 Å². The predicted octanol–water partition coefficient (Wildman–Crippen LogP) is 9.64. The van der Waals surface area contributed by atoms with Gasteiger partial charge in [0, 0.05) is 53.5 Å². The van der Waals surface area contributed by atoms with Crippen LogP contribution in [0.2, 0.25) is 0 Å². The van der Waals surface area contributed by atoms with E-state index >= 15 is 0 Å². The molecule has 2 aromatic carbocycles. The minimum atomic E-state index is -0.546. The second kappa shape index (κ2) is 13.0. The molecule has 4 aliphatic rings. The molecule has 52 heavy (non-hydrogen) atoms. The van der Waals surface area contributed by atoms with E-state index in [1.54, 1.807) is 4.90 Å². The van der Waals surface area contributed by atoms with Gasteiger partial charge in [0.1, 0.15) is 28.4 Å². The van der Waals surface area contributed by atoms with Crippen LogP contribution in [0.1, 0.15) is 109 Å². The van der Waals surface area contributed by atoms with Crippen molar-refractivity contribution in [1.82, 2.24) is 19.8 Å². The lowest BCUT2D eigenvalue weighted by Gasteiger charge is -2.28. The molecule has 2 aromatic heterocycles. The number of aromatic nitrogens is 2. The van der Waals surface area contributed by atoms with Gasteiger partial charge in [-0.05, 0) is 121 Å². The van der Waals surface area contributed by atoms with Crippen LogP contribution in [0.4, 0.5) is 9.59 Å². The van der Waals surface area contributed by atoms with Gasteiger partial charge in [-0.25, -0.2) is 14.6 Å². The van der Waals surface area contributed by atoms with Gasteiger partial charge in [0.15, 0.2) is 0 Å². The van der Waals surface area contributed by atoms with Gasteiger partial charge in [-0.15, -0.1) is 0 Å². The predicted molar refractivity (Wildman–Crippen MR) is 202 cm³/mol. The third-order valence-corrected chi connectivity index (χ3v) is 10.5. The van der Waals surface area contributed by atoms with Crippen molar-refractivity contribution in [3.05, 3.63) is 71.3 Å². The van der Waals surface area contributed by atoms with E-state index in [2.05, 4.69) is 41.4 Å². The molecule has 2 fully saturated rings. The van der Waals surface area contributed by atoms with Crippen molar-refractivity contribution in [3.63, 3.8) is 0 Å². The van der Waals surface area contributed by atoms with Crippen molar-refractivity contribution >= 4 is 34.4 Å². The van der Waals surface area contributed by atoms with E-state index in [1.807, 2.05) is 58.8 Å². The first-order valence-electron chi connectivity index (χ1n) is 18.8. The molecule has 0 spiro atoms. The van der Waals surface area contributed by atoms with Crippen LogP contribution in [-0.4, -0.2) is 68.0 Å². The summed E-state index contributed by atoms with van der Waals surface area (Å²) in [5.41, 5.74) is 8.81. The molecule has 0 unspecified atom stereocenters. The molecule has 4 aromatic rings. The summed E-state index contributed by atoms with van der Waals surface area (Å²) in [6, 6.07) is 12.9. The smallest absolute Gasteiger partial charge is 0.410 e. The van der Waals surface area contributed by atoms with Crippen molar-refractivity contribution in [2.75, 3.05) is 13.1 Å². The molecule has 0 radical (unpaired) electrons. The Morgan fingerprint density at radius 2 is 1.54 bits per heavy atom. The van der Waals surface area contributed by atoms with Crippen LogP contribution in [0.5, 0.6) is 0 Å². The Balaban J connectivity index is 1.00. The van der Waals surface area contributed by atoms with Crippen LogP contribution in [0.25, 0.3) is 39.1 Å². The van der Waals surface area contributed by atoms with Crippen LogP contribution in [0.15, 0.2) is 58.2 Å². The van der Waals surface area contributed by atoms with Crippen LogP contribution in [0, 0.1) is 0 Å². The fraction of sp³-hybridized carbons (Fsp3) is 0.476. The molecule has 2 atom stereocenters. The number of fused-ring (bicyclic) bond motifs is 5. The van der Waals surface area contributed by atoms with E-state index in [1.165, 1.54) is 22.3 Å². The summed E-state index contributed by atoms with van der Waals surface area (Å²) in [5.74, 6) is 1.74. The topological polar surface area (TPSA) is 113 Å². The summed E-state index contributed by atoms with van der Waals surface area (Å²) in [5, 5.41) is 1.12. The van der Waals surface area contributed by atoms with Crippen molar-refractivity contribution in [2.24, 2.45) is 4.99 Å². The van der Waals surface area contributed by atoms with Gasteiger partial charge in [0.25, 0.3) is 0 Å². The average molecular weight is 704 g/mol. The third kappa shape index (κ3) is 6.63. The Morgan fingerprint density at radius 3 is 2.27 bits per heavy atom. The molecule has 1 N–H and O–H groups in total. The Kier molecular flexibility index (Phi) is 8.54. The zero-order valence-corrected chi connectivity index (χ0v) is 31.2. The van der Waals surface area contributed by atoms with E-state index in [0.29, 0.717) is 13.1 Å². The number of nitrogens with one attached hydrogen (secondary N) is 1. The second-order valence-electron chi connectivity index (χ2n) is 16.6. The number of nitrogens with zero attached hydrogens (tertiary/aromatic N) is 4. The molecule has 10 heteroatoms. The summed E-state index contributed by atoms with van der Waals surface area (Å²) in [4.78, 5) is 42.6. The summed E-state index contributed by atoms with van der Waals surface area (Å²) in [7, 11) is 0. The highest BCUT2D eigenvalue weighted by Crippen LogP contribution is 2.42. The SMILES string of the molecule is CC(C)(C)OC(=O)N1CCC[C@H]1C1=NC=C(c2ccc3c(c2)CCCc2c-3oc3ccc(-c4cnc([C@@H]5CCCN5C(=O)OC(C)(C)C)[nH]4)cc23)C1. The van der Waals surface area contributed by atoms with E-state index < -0.39 is 11.2 Å². The number of hydrogen-bond donors (Lipinski definition) is 1. The number of carbonyl (C=O) groups is 2. The van der Waals surface area contributed by atoms with Gasteiger partial charge in [-0.3, -0.25) is 14.8 Å². The van der Waals surface area contributed by atoms with Gasteiger partial charge in [-0.2, -0.15) is 0 Å². The maximum Gasteiger partial charge on any atom is 0.410 e. The molecule has 3 aliphatic heterocycles. The number of likely N-dealkylation sites (tertiary alicyclic amines) is 2. The molecule has 10 nitrogen and oxygen atoms in total. The molecule has 2 amide bonds. The molecule has 2 saturated heterocycles. The number of amides is 2. The summed E-state index contributed by atoms with van der Waals surface area (Å²) in [6.45, 7) is 12.8. The Bertz CT molecular complexity index is 2110. The van der Waals surface area contributed by atoms with E-state index in [4.69, 9.17) is 23.9 Å². The molecule has 5 heterocycles. The highest BCUT2D eigenvalue weighted by molar-refractivity contribution is 6.03. The Hall–Kier alpha value is -4.86. The van der Waals surface area contributed by atoms with Crippen molar-refractivity contribution in [3.8, 4) is 22.6 Å². The van der Waals surface area contributed by atoms with Gasteiger partial charge in [-0.1, -0.05) is 18.2 Å². The highest BCUT2D eigenvalue weighted by atomic mass is 16.6. The summed E-state index contributed by atoms with van der Waals surface area (Å²) >= 11 is 0. The number of hydrogen-bond acceptors (Lipinski definition) is 7. The Morgan fingerprint density at radius 1 is 0.846 bits per heavy atom. The number of aliphatic imine (C=N–C) groups is 1. The molecule has 8 rings (SSSR count). The lowest BCUT2D eigenvalue weighted by molar-refractivity contribution is 0.0216. The first kappa shape index (κ1) is 34.2. The van der Waals surface area contributed by atoms with E-state index in [0.717, 1.165) is 96.5 Å². The number of allylic oxidation sites excluding steroid dienone is 1. The van der Waals surface area contributed by atoms with Crippen LogP contribution < -0.4 is 0 Å². The van der Waals surface area contributed by atoms with Gasteiger partial charge < -0.3 is 18.9 Å². The standard InChI is InChI=1S/C42H49N5O5/c1-41(2,3)51-39(48)46-18-8-12-34(46)32-22-28(23-43-32)25-14-16-29-26(20-25)10-7-11-30-31-21-27(15-17-36(31)50-37(29)30)33-24-44-38(45-33)35-13-9-19-47(35)40(49)52-42(4,5)6/h14-17,20-21,23-24,34-35H,7-13,18-19,22H2,1-6H3,(H,44,45)/t34-,35-/m0/s1. The molecular formula is C42H49N5O5. The molecule has 0 saturated carbocycles. The number of ether oxygens (including phenoxy) is 2. The monoisotopic (exact) mass is 703 g/mol. The maximum atomic E-state index is 12.9. The number of rotatable bonds is 4. The quantitative estimate of drug-likeness (QED) is 0.227. The lowest BCUT2D eigenvalue weighted by Crippen LogP contribution is -2.43. The maximum absolute atomic E-state index is 12.9. The number of carbonyl (C=O) groups excluding carboxylic acids is 2. The number of H-pyrrole nitrogens is 1. The minimum absolute atomic E-state index is 0.0181. The van der Waals surface area contributed by atoms with E-state index in [9.17, 15) is 9.59 Å². The average Bonchev–Trinajstić information content (AvgIpc) is 3.92. The first-order valence-corrected chi connectivity index (χ1v) is 18.8. The second-order valence-corrected chi connectivity index (χ2v) is 16.6. The molecular weight excluding hydrogens is 654 g/mol. The fourth-order valence-corrected chi connectivity index (χ4v) is 8.18. The summed E-state index contributed by atoms with van der Waals surface area (Å²) in [6.07, 6.45) is 10.6. The number of imidazole rings is 1. The van der Waals surface area contributed by atoms with Crippen LogP contribution in [-0.2, 0) is 22.3 Å². The van der Waals surface area contributed by atoms with Gasteiger partial charge >= 0.3 is 12.2 Å². The highest BCUT2D eigenvalue weighted by Gasteiger charge is 2.37. The first-order chi connectivity index (χ1) is 24.8. The van der Waals surface area contributed by atoms with Crippen molar-refractivity contribution in [2.45, 2.75) is 116 Å². The minimum Gasteiger partial charge on any atom is -0.456 e. The fourth-order valence-electron chi connectivity index (χ4n) is 8.18. The summed E-state index contributed by atoms with van der Waals surface area (Å²) < 4.78 is 18.0. The van der Waals surface area contributed by atoms with E-state index in [-0.39, 0.29) is 24.3 Å². The Labute approximate surface area is 305 Å². The largest absolute Gasteiger partial charge is 0.456 e. The zero-order valence-electron chi connectivity index (χ0n) is 31.2. The van der Waals surface area contributed by atoms with Gasteiger partial charge in [0.2, 0.25) is 0 Å². The normalized spacial score (nSPS) is 20.4. The number of furan rings is 1. The third-order valence-electron chi connectivity index (χ3n) is 10.5. The number of benzene rings is 2.